The van der Waals surface area contributed by atoms with Crippen LogP contribution in [0.25, 0.3) is 0 Å². The maximum absolute atomic E-state index is 5.98. The summed E-state index contributed by atoms with van der Waals surface area (Å²) in [6.45, 7) is 3.19. The van der Waals surface area contributed by atoms with E-state index in [4.69, 9.17) is 4.74 Å². The average Bonchev–Trinajstić information content (AvgIpc) is 2.38. The van der Waals surface area contributed by atoms with E-state index in [-0.39, 0.29) is 5.60 Å². The molecule has 1 aromatic carbocycles. The van der Waals surface area contributed by atoms with Crippen molar-refractivity contribution in [3.05, 3.63) is 35.9 Å². The van der Waals surface area contributed by atoms with Crippen LogP contribution in [0.15, 0.2) is 30.3 Å². The van der Waals surface area contributed by atoms with Crippen molar-refractivity contribution in [3.8, 4) is 0 Å². The summed E-state index contributed by atoms with van der Waals surface area (Å²) in [4.78, 5) is 0. The molecule has 18 heavy (non-hydrogen) atoms. The van der Waals surface area contributed by atoms with Gasteiger partial charge in [-0.05, 0) is 44.6 Å². The monoisotopic (exact) mass is 245 g/mol. The molecule has 1 aromatic rings. The van der Waals surface area contributed by atoms with Gasteiger partial charge in [0.25, 0.3) is 0 Å². The van der Waals surface area contributed by atoms with Crippen LogP contribution in [0.4, 0.5) is 0 Å². The third kappa shape index (κ3) is 2.45. The standard InChI is InChI=1S/C16H23NO/c1-13(14-6-3-2-4-7-14)17-15-8-11-18-16(12-15)9-5-10-16/h2-4,6-7,13,15,17H,5,8-12H2,1H3. The molecule has 2 nitrogen and oxygen atoms in total. The minimum Gasteiger partial charge on any atom is -0.375 e. The molecule has 1 saturated heterocycles. The van der Waals surface area contributed by atoms with Gasteiger partial charge in [-0.25, -0.2) is 0 Å². The Hall–Kier alpha value is -0.860. The zero-order valence-electron chi connectivity index (χ0n) is 11.2. The number of hydrogen-bond acceptors (Lipinski definition) is 2. The topological polar surface area (TPSA) is 21.3 Å². The lowest BCUT2D eigenvalue weighted by molar-refractivity contribution is -0.136. The highest BCUT2D eigenvalue weighted by Gasteiger charge is 2.42. The van der Waals surface area contributed by atoms with Gasteiger partial charge in [-0.3, -0.25) is 0 Å². The molecule has 1 aliphatic carbocycles. The molecule has 0 radical (unpaired) electrons. The van der Waals surface area contributed by atoms with Crippen molar-refractivity contribution in [2.75, 3.05) is 6.61 Å². The number of nitrogens with one attached hydrogen (secondary N) is 1. The summed E-state index contributed by atoms with van der Waals surface area (Å²) < 4.78 is 5.98. The van der Waals surface area contributed by atoms with Gasteiger partial charge in [0, 0.05) is 18.7 Å². The van der Waals surface area contributed by atoms with Crippen molar-refractivity contribution >= 4 is 0 Å². The van der Waals surface area contributed by atoms with Gasteiger partial charge in [-0.15, -0.1) is 0 Å². The van der Waals surface area contributed by atoms with Gasteiger partial charge in [0.1, 0.15) is 0 Å². The molecule has 3 rings (SSSR count). The summed E-state index contributed by atoms with van der Waals surface area (Å²) in [6, 6.07) is 11.8. The molecule has 0 amide bonds. The van der Waals surface area contributed by atoms with Crippen molar-refractivity contribution in [2.45, 2.75) is 56.7 Å². The minimum atomic E-state index is 0.242. The largest absolute Gasteiger partial charge is 0.375 e. The zero-order valence-corrected chi connectivity index (χ0v) is 11.2. The van der Waals surface area contributed by atoms with Gasteiger partial charge < -0.3 is 10.1 Å². The summed E-state index contributed by atoms with van der Waals surface area (Å²) >= 11 is 0. The van der Waals surface area contributed by atoms with Crippen LogP contribution in [-0.4, -0.2) is 18.2 Å². The summed E-state index contributed by atoms with van der Waals surface area (Å²) in [5.74, 6) is 0. The van der Waals surface area contributed by atoms with Crippen LogP contribution in [-0.2, 0) is 4.74 Å². The lowest BCUT2D eigenvalue weighted by Gasteiger charge is -2.47. The molecule has 2 aliphatic rings. The number of benzene rings is 1. The zero-order chi connectivity index (χ0) is 12.4. The van der Waals surface area contributed by atoms with E-state index in [0.717, 1.165) is 13.0 Å². The van der Waals surface area contributed by atoms with Gasteiger partial charge in [0.05, 0.1) is 5.60 Å². The molecule has 0 aromatic heterocycles. The smallest absolute Gasteiger partial charge is 0.0697 e. The first-order valence-electron chi connectivity index (χ1n) is 7.22. The van der Waals surface area contributed by atoms with E-state index >= 15 is 0 Å². The van der Waals surface area contributed by atoms with Crippen LogP contribution >= 0.6 is 0 Å². The van der Waals surface area contributed by atoms with E-state index in [2.05, 4.69) is 42.6 Å². The van der Waals surface area contributed by atoms with Gasteiger partial charge in [0.15, 0.2) is 0 Å². The predicted molar refractivity (Wildman–Crippen MR) is 73.5 cm³/mol. The van der Waals surface area contributed by atoms with Crippen molar-refractivity contribution in [1.82, 2.24) is 5.32 Å². The van der Waals surface area contributed by atoms with Crippen LogP contribution in [0.1, 0.15) is 50.6 Å². The second kappa shape index (κ2) is 5.02. The molecule has 2 heteroatoms. The quantitative estimate of drug-likeness (QED) is 0.880. The van der Waals surface area contributed by atoms with Crippen molar-refractivity contribution < 1.29 is 4.74 Å². The van der Waals surface area contributed by atoms with Crippen LogP contribution in [0.5, 0.6) is 0 Å². The fourth-order valence-corrected chi connectivity index (χ4v) is 3.28. The SMILES string of the molecule is CC(NC1CCOC2(CCC2)C1)c1ccccc1. The van der Waals surface area contributed by atoms with E-state index in [1.807, 2.05) is 0 Å². The van der Waals surface area contributed by atoms with E-state index in [9.17, 15) is 0 Å². The minimum absolute atomic E-state index is 0.242. The Labute approximate surface area is 110 Å². The van der Waals surface area contributed by atoms with E-state index in [1.54, 1.807) is 0 Å². The summed E-state index contributed by atoms with van der Waals surface area (Å²) in [7, 11) is 0. The maximum Gasteiger partial charge on any atom is 0.0697 e. The lowest BCUT2D eigenvalue weighted by Crippen LogP contribution is -2.51. The molecular formula is C16H23NO. The molecule has 1 aliphatic heterocycles. The first-order valence-corrected chi connectivity index (χ1v) is 7.22. The predicted octanol–water partition coefficient (Wildman–Crippen LogP) is 3.44. The van der Waals surface area contributed by atoms with E-state index in [1.165, 1.54) is 31.2 Å². The molecule has 2 unspecified atom stereocenters. The van der Waals surface area contributed by atoms with Gasteiger partial charge >= 0.3 is 0 Å². The molecule has 1 N–H and O–H groups in total. The molecule has 2 atom stereocenters. The molecule has 1 saturated carbocycles. The fourth-order valence-electron chi connectivity index (χ4n) is 3.28. The molecular weight excluding hydrogens is 222 g/mol. The Balaban J connectivity index is 1.59. The Morgan fingerprint density at radius 2 is 2.06 bits per heavy atom. The third-order valence-corrected chi connectivity index (χ3v) is 4.54. The Kier molecular flexibility index (Phi) is 3.40. The van der Waals surface area contributed by atoms with Crippen LogP contribution in [0, 0.1) is 0 Å². The van der Waals surface area contributed by atoms with Crippen LogP contribution in [0.2, 0.25) is 0 Å². The molecule has 0 bridgehead atoms. The number of ether oxygens (including phenoxy) is 1. The Morgan fingerprint density at radius 3 is 2.72 bits per heavy atom. The molecule has 2 fully saturated rings. The lowest BCUT2D eigenvalue weighted by atomic mass is 9.74. The maximum atomic E-state index is 5.98. The highest BCUT2D eigenvalue weighted by Crippen LogP contribution is 2.42. The summed E-state index contributed by atoms with van der Waals surface area (Å²) in [6.07, 6.45) is 6.24. The molecule has 1 heterocycles. The first kappa shape index (κ1) is 12.2. The third-order valence-electron chi connectivity index (χ3n) is 4.54. The average molecular weight is 245 g/mol. The Morgan fingerprint density at radius 1 is 1.28 bits per heavy atom. The molecule has 98 valence electrons. The number of rotatable bonds is 3. The normalized spacial score (nSPS) is 27.7. The first-order chi connectivity index (χ1) is 8.77. The van der Waals surface area contributed by atoms with E-state index < -0.39 is 0 Å². The van der Waals surface area contributed by atoms with Gasteiger partial charge in [0.2, 0.25) is 0 Å². The van der Waals surface area contributed by atoms with Crippen LogP contribution in [0.3, 0.4) is 0 Å². The highest BCUT2D eigenvalue weighted by atomic mass is 16.5. The summed E-state index contributed by atoms with van der Waals surface area (Å²) in [5, 5.41) is 3.78. The van der Waals surface area contributed by atoms with Gasteiger partial charge in [-0.2, -0.15) is 0 Å². The van der Waals surface area contributed by atoms with Crippen molar-refractivity contribution in [3.63, 3.8) is 0 Å². The second-order valence-electron chi connectivity index (χ2n) is 5.87. The molecule has 1 spiro atoms. The highest BCUT2D eigenvalue weighted by molar-refractivity contribution is 5.18. The number of hydrogen-bond donors (Lipinski definition) is 1. The van der Waals surface area contributed by atoms with Crippen LogP contribution < -0.4 is 5.32 Å². The fraction of sp³-hybridized carbons (Fsp3) is 0.625. The van der Waals surface area contributed by atoms with Gasteiger partial charge in [-0.1, -0.05) is 30.3 Å². The van der Waals surface area contributed by atoms with Crippen molar-refractivity contribution in [2.24, 2.45) is 0 Å². The summed E-state index contributed by atoms with van der Waals surface area (Å²) in [5.41, 5.74) is 1.62. The van der Waals surface area contributed by atoms with Crippen molar-refractivity contribution in [1.29, 1.82) is 0 Å². The second-order valence-corrected chi connectivity index (χ2v) is 5.87. The Bertz CT molecular complexity index is 385. The van der Waals surface area contributed by atoms with E-state index in [0.29, 0.717) is 12.1 Å².